The molecule has 7 rings (SSSR count). The van der Waals surface area contributed by atoms with Crippen LogP contribution in [-0.4, -0.2) is 65.1 Å². The lowest BCUT2D eigenvalue weighted by Crippen LogP contribution is -2.42. The van der Waals surface area contributed by atoms with Crippen molar-refractivity contribution in [2.45, 2.75) is 43.3 Å². The summed E-state index contributed by atoms with van der Waals surface area (Å²) in [5.74, 6) is -0.508. The molecule has 39 heavy (non-hydrogen) atoms. The van der Waals surface area contributed by atoms with Crippen molar-refractivity contribution < 1.29 is 22.3 Å². The van der Waals surface area contributed by atoms with Crippen LogP contribution in [0.25, 0.3) is 28.5 Å². The van der Waals surface area contributed by atoms with E-state index in [9.17, 15) is 12.8 Å². The van der Waals surface area contributed by atoms with Crippen LogP contribution in [0.1, 0.15) is 23.7 Å². The molecule has 2 aromatic heterocycles. The van der Waals surface area contributed by atoms with Crippen LogP contribution in [0, 0.1) is 5.82 Å². The van der Waals surface area contributed by atoms with Crippen LogP contribution >= 0.6 is 0 Å². The largest absolute Gasteiger partial charge is 0.379 e. The summed E-state index contributed by atoms with van der Waals surface area (Å²) in [5, 5.41) is 4.94. The number of sulfone groups is 1. The number of fused-ring (bicyclic) bond motifs is 4. The molecule has 2 aromatic carbocycles. The molecule has 9 nitrogen and oxygen atoms in total. The molecule has 3 aliphatic heterocycles. The number of nitrogens with zero attached hydrogens (tertiary/aromatic N) is 5. The van der Waals surface area contributed by atoms with Gasteiger partial charge in [-0.05, 0) is 30.7 Å². The van der Waals surface area contributed by atoms with E-state index in [1.54, 1.807) is 16.9 Å². The molecule has 1 fully saturated rings. The number of morpholine rings is 1. The third-order valence-electron chi connectivity index (χ3n) is 7.78. The first-order valence-electron chi connectivity index (χ1n) is 13.1. The van der Waals surface area contributed by atoms with E-state index in [-0.39, 0.29) is 10.6 Å². The highest BCUT2D eigenvalue weighted by Gasteiger charge is 2.38. The van der Waals surface area contributed by atoms with Gasteiger partial charge >= 0.3 is 0 Å². The normalized spacial score (nSPS) is 20.3. The summed E-state index contributed by atoms with van der Waals surface area (Å²) in [6.07, 6.45) is 1.74. The first kappa shape index (κ1) is 24.6. The van der Waals surface area contributed by atoms with Crippen LogP contribution in [0.4, 0.5) is 4.39 Å². The van der Waals surface area contributed by atoms with Crippen LogP contribution in [0.2, 0.25) is 0 Å². The Morgan fingerprint density at radius 2 is 1.90 bits per heavy atom. The van der Waals surface area contributed by atoms with Gasteiger partial charge in [-0.3, -0.25) is 4.90 Å². The van der Waals surface area contributed by atoms with Crippen molar-refractivity contribution in [3.05, 3.63) is 71.3 Å². The summed E-state index contributed by atoms with van der Waals surface area (Å²) >= 11 is 0. The predicted octanol–water partition coefficient (Wildman–Crippen LogP) is 3.58. The van der Waals surface area contributed by atoms with E-state index in [0.717, 1.165) is 43.2 Å². The Morgan fingerprint density at radius 3 is 2.72 bits per heavy atom. The molecule has 4 aromatic rings. The molecule has 0 N–H and O–H groups in total. The number of imidazole rings is 1. The molecule has 0 bridgehead atoms. The van der Waals surface area contributed by atoms with Crippen molar-refractivity contribution >= 4 is 9.84 Å². The second-order valence-corrected chi connectivity index (χ2v) is 12.2. The standard InChI is InChI=1S/C28H28FN5O4S/c1-18-15-37-11-9-32(18)14-19-5-7-20(8-6-19)34-26-22-3-2-4-24(29)27(22)39(35,36)17-23(26)25(31-34)28-30-13-21-16-38-12-10-33(21)28/h2-8,13,18H,9-12,14-17H2,1H3/t18-/m0/s1. The molecule has 1 atom stereocenters. The van der Waals surface area contributed by atoms with Gasteiger partial charge in [-0.2, -0.15) is 5.10 Å². The van der Waals surface area contributed by atoms with Crippen LogP contribution in [0.15, 0.2) is 53.6 Å². The molecule has 0 aliphatic carbocycles. The van der Waals surface area contributed by atoms with E-state index in [2.05, 4.69) is 28.9 Å². The average molecular weight is 550 g/mol. The quantitative estimate of drug-likeness (QED) is 0.384. The summed E-state index contributed by atoms with van der Waals surface area (Å²) in [4.78, 5) is 6.73. The Balaban J connectivity index is 1.37. The summed E-state index contributed by atoms with van der Waals surface area (Å²) in [7, 11) is -3.92. The summed E-state index contributed by atoms with van der Waals surface area (Å²) in [6.45, 7) is 6.88. The van der Waals surface area contributed by atoms with Crippen molar-refractivity contribution in [1.82, 2.24) is 24.2 Å². The molecular formula is C28H28FN5O4S. The van der Waals surface area contributed by atoms with Gasteiger partial charge in [0.1, 0.15) is 16.4 Å². The van der Waals surface area contributed by atoms with E-state index in [1.807, 2.05) is 16.7 Å². The maximum atomic E-state index is 15.0. The van der Waals surface area contributed by atoms with Crippen LogP contribution < -0.4 is 0 Å². The highest BCUT2D eigenvalue weighted by molar-refractivity contribution is 7.91. The van der Waals surface area contributed by atoms with Crippen LogP contribution in [0.5, 0.6) is 0 Å². The Bertz CT molecular complexity index is 1680. The fraction of sp³-hybridized carbons (Fsp3) is 0.357. The molecule has 3 aliphatic rings. The zero-order valence-corrected chi connectivity index (χ0v) is 22.3. The van der Waals surface area contributed by atoms with Crippen LogP contribution in [0.3, 0.4) is 0 Å². The number of ether oxygens (including phenoxy) is 2. The number of hydrogen-bond acceptors (Lipinski definition) is 7. The van der Waals surface area contributed by atoms with Gasteiger partial charge in [-0.15, -0.1) is 0 Å². The van der Waals surface area contributed by atoms with Crippen molar-refractivity contribution in [1.29, 1.82) is 0 Å². The second kappa shape index (κ2) is 9.37. The lowest BCUT2D eigenvalue weighted by molar-refractivity contribution is -0.00436. The van der Waals surface area contributed by atoms with Crippen molar-refractivity contribution in [3.63, 3.8) is 0 Å². The summed E-state index contributed by atoms with van der Waals surface area (Å²) in [5.41, 5.74) is 4.74. The van der Waals surface area contributed by atoms with Crippen molar-refractivity contribution in [3.8, 4) is 28.5 Å². The molecule has 11 heteroatoms. The number of benzene rings is 2. The third kappa shape index (κ3) is 4.11. The predicted molar refractivity (Wildman–Crippen MR) is 141 cm³/mol. The Hall–Kier alpha value is -3.38. The van der Waals surface area contributed by atoms with E-state index < -0.39 is 15.7 Å². The van der Waals surface area contributed by atoms with Gasteiger partial charge in [-0.1, -0.05) is 24.3 Å². The molecule has 0 radical (unpaired) electrons. The molecular weight excluding hydrogens is 521 g/mol. The lowest BCUT2D eigenvalue weighted by Gasteiger charge is -2.33. The fourth-order valence-corrected chi connectivity index (χ4v) is 7.44. The minimum Gasteiger partial charge on any atom is -0.379 e. The first-order chi connectivity index (χ1) is 18.9. The van der Waals surface area contributed by atoms with Gasteiger partial charge in [0.25, 0.3) is 0 Å². The molecule has 0 unspecified atom stereocenters. The topological polar surface area (TPSA) is 91.5 Å². The average Bonchev–Trinajstić information content (AvgIpc) is 3.51. The highest BCUT2D eigenvalue weighted by atomic mass is 32.2. The Kier molecular flexibility index (Phi) is 5.92. The number of halogens is 1. The maximum Gasteiger partial charge on any atom is 0.186 e. The third-order valence-corrected chi connectivity index (χ3v) is 9.49. The zero-order chi connectivity index (χ0) is 26.7. The van der Waals surface area contributed by atoms with Gasteiger partial charge in [0.05, 0.1) is 55.5 Å². The molecule has 1 saturated heterocycles. The summed E-state index contributed by atoms with van der Waals surface area (Å²) < 4.78 is 56.5. The fourth-order valence-electron chi connectivity index (χ4n) is 5.77. The number of aromatic nitrogens is 4. The Labute approximate surface area is 225 Å². The number of hydrogen-bond donors (Lipinski definition) is 0. The Morgan fingerprint density at radius 1 is 1.08 bits per heavy atom. The smallest absolute Gasteiger partial charge is 0.186 e. The number of rotatable bonds is 4. The summed E-state index contributed by atoms with van der Waals surface area (Å²) in [6, 6.07) is 12.8. The molecule has 0 amide bonds. The first-order valence-corrected chi connectivity index (χ1v) is 14.7. The van der Waals surface area contributed by atoms with Crippen LogP contribution in [-0.2, 0) is 44.8 Å². The van der Waals surface area contributed by atoms with Gasteiger partial charge in [0, 0.05) is 36.8 Å². The van der Waals surface area contributed by atoms with Gasteiger partial charge < -0.3 is 14.0 Å². The van der Waals surface area contributed by atoms with E-state index in [4.69, 9.17) is 14.6 Å². The van der Waals surface area contributed by atoms with Crippen molar-refractivity contribution in [2.24, 2.45) is 0 Å². The molecule has 0 spiro atoms. The molecule has 202 valence electrons. The lowest BCUT2D eigenvalue weighted by atomic mass is 10.0. The monoisotopic (exact) mass is 549 g/mol. The SMILES string of the molecule is C[C@H]1COCCN1Cc1ccc(-n2nc(-c3ncc4n3CCOC4)c3c2-c2cccc(F)c2S(=O)(=O)C3)cc1. The van der Waals surface area contributed by atoms with E-state index >= 15 is 0 Å². The van der Waals surface area contributed by atoms with E-state index in [0.29, 0.717) is 54.1 Å². The van der Waals surface area contributed by atoms with Gasteiger partial charge in [0.2, 0.25) is 0 Å². The molecule has 0 saturated carbocycles. The second-order valence-electron chi connectivity index (χ2n) is 10.3. The minimum atomic E-state index is -3.92. The maximum absolute atomic E-state index is 15.0. The van der Waals surface area contributed by atoms with E-state index in [1.165, 1.54) is 12.1 Å². The minimum absolute atomic E-state index is 0.276. The zero-order valence-electron chi connectivity index (χ0n) is 21.5. The molecule has 5 heterocycles. The van der Waals surface area contributed by atoms with Crippen molar-refractivity contribution in [2.75, 3.05) is 26.4 Å². The highest BCUT2D eigenvalue weighted by Crippen LogP contribution is 2.44. The van der Waals surface area contributed by atoms with Gasteiger partial charge in [-0.25, -0.2) is 22.5 Å². The van der Waals surface area contributed by atoms with Gasteiger partial charge in [0.15, 0.2) is 15.7 Å².